The van der Waals surface area contributed by atoms with E-state index >= 15 is 0 Å². The highest BCUT2D eigenvalue weighted by Crippen LogP contribution is 2.17. The summed E-state index contributed by atoms with van der Waals surface area (Å²) in [6, 6.07) is 0.0926. The number of alkyl carbamates (subject to hydrolysis) is 1. The molecule has 2 atom stereocenters. The first-order chi connectivity index (χ1) is 5.63. The zero-order valence-electron chi connectivity index (χ0n) is 7.34. The van der Waals surface area contributed by atoms with Crippen LogP contribution in [0.2, 0.25) is 0 Å². The molecular weight excluding hydrogens is 178 g/mol. The predicted octanol–water partition coefficient (Wildman–Crippen LogP) is 1.75. The van der Waals surface area contributed by atoms with Crippen molar-refractivity contribution < 1.29 is 9.53 Å². The number of cyclic esters (lactones) is 1. The molecule has 3 nitrogen and oxygen atoms in total. The van der Waals surface area contributed by atoms with Gasteiger partial charge in [0.05, 0.1) is 11.9 Å². The SMILES string of the molecule is CC(C)C[C@@H]1NC(=O)O[C@@H]1CCl. The van der Waals surface area contributed by atoms with Crippen LogP contribution in [-0.2, 0) is 4.74 Å². The standard InChI is InChI=1S/C8H14ClNO2/c1-5(2)3-6-7(4-9)12-8(11)10-6/h5-7H,3-4H2,1-2H3,(H,10,11)/t6-,7+/m0/s1. The van der Waals surface area contributed by atoms with Crippen LogP contribution in [0, 0.1) is 5.92 Å². The van der Waals surface area contributed by atoms with E-state index in [9.17, 15) is 4.79 Å². The minimum atomic E-state index is -0.341. The minimum absolute atomic E-state index is 0.0926. The normalized spacial score (nSPS) is 28.8. The van der Waals surface area contributed by atoms with Crippen molar-refractivity contribution in [1.29, 1.82) is 0 Å². The first kappa shape index (κ1) is 9.65. The Labute approximate surface area is 77.4 Å². The smallest absolute Gasteiger partial charge is 0.407 e. The van der Waals surface area contributed by atoms with Crippen molar-refractivity contribution in [1.82, 2.24) is 5.32 Å². The molecule has 0 spiro atoms. The van der Waals surface area contributed by atoms with E-state index < -0.39 is 0 Å². The maximum Gasteiger partial charge on any atom is 0.407 e. The van der Waals surface area contributed by atoms with Crippen LogP contribution in [0.15, 0.2) is 0 Å². The van der Waals surface area contributed by atoms with E-state index in [1.807, 2.05) is 0 Å². The summed E-state index contributed by atoms with van der Waals surface area (Å²) < 4.78 is 4.94. The highest BCUT2D eigenvalue weighted by molar-refractivity contribution is 6.18. The molecule has 0 aromatic rings. The molecule has 1 fully saturated rings. The number of nitrogens with one attached hydrogen (secondary N) is 1. The molecule has 1 rings (SSSR count). The third kappa shape index (κ3) is 2.27. The molecule has 0 aromatic carbocycles. The van der Waals surface area contributed by atoms with E-state index in [-0.39, 0.29) is 18.2 Å². The summed E-state index contributed by atoms with van der Waals surface area (Å²) in [5.74, 6) is 0.915. The zero-order valence-corrected chi connectivity index (χ0v) is 8.10. The van der Waals surface area contributed by atoms with Crippen LogP contribution < -0.4 is 5.32 Å². The zero-order chi connectivity index (χ0) is 9.14. The Balaban J connectivity index is 2.46. The molecule has 1 heterocycles. The van der Waals surface area contributed by atoms with E-state index in [2.05, 4.69) is 19.2 Å². The molecule has 0 unspecified atom stereocenters. The Kier molecular flexibility index (Phi) is 3.20. The average molecular weight is 192 g/mol. The average Bonchev–Trinajstić information content (AvgIpc) is 2.29. The molecule has 0 radical (unpaired) electrons. The fraction of sp³-hybridized carbons (Fsp3) is 0.875. The van der Waals surface area contributed by atoms with Gasteiger partial charge in [-0.3, -0.25) is 0 Å². The number of carbonyl (C=O) groups is 1. The topological polar surface area (TPSA) is 38.3 Å². The van der Waals surface area contributed by atoms with Gasteiger partial charge in [0.25, 0.3) is 0 Å². The molecule has 1 aliphatic heterocycles. The second-order valence-electron chi connectivity index (χ2n) is 3.48. The Bertz CT molecular complexity index is 172. The van der Waals surface area contributed by atoms with E-state index in [0.29, 0.717) is 11.8 Å². The van der Waals surface area contributed by atoms with Crippen molar-refractivity contribution in [3.63, 3.8) is 0 Å². The van der Waals surface area contributed by atoms with Crippen LogP contribution in [0.5, 0.6) is 0 Å². The maximum absolute atomic E-state index is 10.8. The number of alkyl halides is 1. The first-order valence-electron chi connectivity index (χ1n) is 4.16. The largest absolute Gasteiger partial charge is 0.443 e. The van der Waals surface area contributed by atoms with Gasteiger partial charge in [-0.05, 0) is 12.3 Å². The lowest BCUT2D eigenvalue weighted by molar-refractivity contribution is 0.140. The Hall–Kier alpha value is -0.440. The number of hydrogen-bond donors (Lipinski definition) is 1. The highest BCUT2D eigenvalue weighted by Gasteiger charge is 2.33. The summed E-state index contributed by atoms with van der Waals surface area (Å²) in [6.07, 6.45) is 0.427. The van der Waals surface area contributed by atoms with Crippen molar-refractivity contribution in [2.24, 2.45) is 5.92 Å². The van der Waals surface area contributed by atoms with Crippen LogP contribution in [0.4, 0.5) is 4.79 Å². The monoisotopic (exact) mass is 191 g/mol. The van der Waals surface area contributed by atoms with Gasteiger partial charge >= 0.3 is 6.09 Å². The maximum atomic E-state index is 10.8. The quantitative estimate of drug-likeness (QED) is 0.691. The van der Waals surface area contributed by atoms with Crippen LogP contribution in [0.25, 0.3) is 0 Å². The number of amides is 1. The number of ether oxygens (including phenoxy) is 1. The fourth-order valence-corrected chi connectivity index (χ4v) is 1.63. The molecular formula is C8H14ClNO2. The summed E-state index contributed by atoms with van der Waals surface area (Å²) in [7, 11) is 0. The Morgan fingerprint density at radius 2 is 2.33 bits per heavy atom. The molecule has 70 valence electrons. The van der Waals surface area contributed by atoms with Gasteiger partial charge in [0.15, 0.2) is 0 Å². The van der Waals surface area contributed by atoms with Crippen LogP contribution in [-0.4, -0.2) is 24.1 Å². The van der Waals surface area contributed by atoms with Gasteiger partial charge in [-0.15, -0.1) is 11.6 Å². The third-order valence-corrected chi connectivity index (χ3v) is 2.19. The van der Waals surface area contributed by atoms with Gasteiger partial charge in [0, 0.05) is 0 Å². The van der Waals surface area contributed by atoms with Crippen molar-refractivity contribution in [2.75, 3.05) is 5.88 Å². The summed E-state index contributed by atoms with van der Waals surface area (Å²) in [4.78, 5) is 10.8. The molecule has 1 amide bonds. The fourth-order valence-electron chi connectivity index (χ4n) is 1.36. The van der Waals surface area contributed by atoms with Crippen molar-refractivity contribution in [3.8, 4) is 0 Å². The summed E-state index contributed by atoms with van der Waals surface area (Å²) >= 11 is 5.63. The number of hydrogen-bond acceptors (Lipinski definition) is 2. The van der Waals surface area contributed by atoms with E-state index in [4.69, 9.17) is 16.3 Å². The molecule has 1 aliphatic rings. The van der Waals surface area contributed by atoms with Crippen molar-refractivity contribution >= 4 is 17.7 Å². The Morgan fingerprint density at radius 1 is 1.67 bits per heavy atom. The lowest BCUT2D eigenvalue weighted by Crippen LogP contribution is -2.33. The molecule has 0 bridgehead atoms. The van der Waals surface area contributed by atoms with Gasteiger partial charge in [-0.2, -0.15) is 0 Å². The second-order valence-corrected chi connectivity index (χ2v) is 3.79. The van der Waals surface area contributed by atoms with E-state index in [1.54, 1.807) is 0 Å². The summed E-state index contributed by atoms with van der Waals surface area (Å²) in [5.41, 5.74) is 0. The Morgan fingerprint density at radius 3 is 2.83 bits per heavy atom. The summed E-state index contributed by atoms with van der Waals surface area (Å²) in [5, 5.41) is 2.74. The highest BCUT2D eigenvalue weighted by atomic mass is 35.5. The molecule has 0 aromatic heterocycles. The van der Waals surface area contributed by atoms with Gasteiger partial charge in [0.2, 0.25) is 0 Å². The van der Waals surface area contributed by atoms with Crippen LogP contribution >= 0.6 is 11.6 Å². The number of rotatable bonds is 3. The van der Waals surface area contributed by atoms with Crippen LogP contribution in [0.1, 0.15) is 20.3 Å². The summed E-state index contributed by atoms with van der Waals surface area (Å²) in [6.45, 7) is 4.21. The van der Waals surface area contributed by atoms with E-state index in [1.165, 1.54) is 0 Å². The number of carbonyl (C=O) groups excluding carboxylic acids is 1. The number of halogens is 1. The first-order valence-corrected chi connectivity index (χ1v) is 4.70. The molecule has 0 aliphatic carbocycles. The van der Waals surface area contributed by atoms with Crippen molar-refractivity contribution in [3.05, 3.63) is 0 Å². The second kappa shape index (κ2) is 3.99. The van der Waals surface area contributed by atoms with Crippen molar-refractivity contribution in [2.45, 2.75) is 32.4 Å². The van der Waals surface area contributed by atoms with Gasteiger partial charge in [-0.1, -0.05) is 13.8 Å². The van der Waals surface area contributed by atoms with Gasteiger partial charge in [0.1, 0.15) is 6.10 Å². The minimum Gasteiger partial charge on any atom is -0.443 e. The molecule has 4 heteroatoms. The van der Waals surface area contributed by atoms with Crippen LogP contribution in [0.3, 0.4) is 0 Å². The van der Waals surface area contributed by atoms with Gasteiger partial charge in [-0.25, -0.2) is 4.79 Å². The molecule has 1 N–H and O–H groups in total. The molecule has 0 saturated carbocycles. The third-order valence-electron chi connectivity index (χ3n) is 1.89. The molecule has 1 saturated heterocycles. The molecule has 12 heavy (non-hydrogen) atoms. The van der Waals surface area contributed by atoms with Gasteiger partial charge < -0.3 is 10.1 Å². The predicted molar refractivity (Wildman–Crippen MR) is 47.4 cm³/mol. The lowest BCUT2D eigenvalue weighted by Gasteiger charge is -2.15. The van der Waals surface area contributed by atoms with E-state index in [0.717, 1.165) is 6.42 Å². The lowest BCUT2D eigenvalue weighted by atomic mass is 10.0.